The van der Waals surface area contributed by atoms with Crippen molar-refractivity contribution in [1.82, 2.24) is 4.98 Å². The monoisotopic (exact) mass is 248 g/mol. The maximum atomic E-state index is 12.5. The van der Waals surface area contributed by atoms with Gasteiger partial charge in [-0.3, -0.25) is 0 Å². The number of hydrogen-bond acceptors (Lipinski definition) is 4. The number of rotatable bonds is 2. The molecular weight excluding hydrogens is 237 g/mol. The zero-order valence-electron chi connectivity index (χ0n) is 8.83. The number of aromatic nitrogens is 1. The highest BCUT2D eigenvalue weighted by atomic mass is 19.4. The molecule has 7 heteroatoms. The first-order chi connectivity index (χ1) is 7.95. The Hall–Kier alpha value is -1.50. The van der Waals surface area contributed by atoms with Gasteiger partial charge in [0.25, 0.3) is 0 Å². The minimum absolute atomic E-state index is 0.0266. The van der Waals surface area contributed by atoms with Crippen LogP contribution in [-0.4, -0.2) is 24.3 Å². The summed E-state index contributed by atoms with van der Waals surface area (Å²) >= 11 is 0. The van der Waals surface area contributed by atoms with E-state index in [0.717, 1.165) is 6.07 Å². The van der Waals surface area contributed by atoms with Crippen molar-refractivity contribution in [2.24, 2.45) is 0 Å². The number of halogens is 3. The molecule has 0 radical (unpaired) electrons. The van der Waals surface area contributed by atoms with Gasteiger partial charge in [-0.2, -0.15) is 13.2 Å². The van der Waals surface area contributed by atoms with Crippen molar-refractivity contribution in [3.8, 4) is 5.88 Å². The summed E-state index contributed by atoms with van der Waals surface area (Å²) in [6.07, 6.45) is -4.15. The molecular formula is C10H11F3N2O2. The van der Waals surface area contributed by atoms with Gasteiger partial charge >= 0.3 is 6.18 Å². The predicted octanol–water partition coefficient (Wildman–Crippen LogP) is 1.85. The highest BCUT2D eigenvalue weighted by Gasteiger charge is 2.33. The molecule has 1 aliphatic rings. The van der Waals surface area contributed by atoms with Gasteiger partial charge in [-0.15, -0.1) is 0 Å². The fraction of sp³-hybridized carbons (Fsp3) is 0.500. The molecule has 2 rings (SSSR count). The second-order valence-corrected chi connectivity index (χ2v) is 3.73. The standard InChI is InChI=1S/C10H11F3N2O2/c11-10(12,13)8-3-6(14)4-9(15-8)17-7-1-2-16-5-7/h3-4,7H,1-2,5H2,(H2,14,15). The molecule has 4 nitrogen and oxygen atoms in total. The van der Waals surface area contributed by atoms with E-state index in [-0.39, 0.29) is 17.7 Å². The van der Waals surface area contributed by atoms with E-state index in [1.54, 1.807) is 0 Å². The average molecular weight is 248 g/mol. The topological polar surface area (TPSA) is 57.4 Å². The first kappa shape index (κ1) is 12.0. The molecule has 1 unspecified atom stereocenters. The van der Waals surface area contributed by atoms with Gasteiger partial charge < -0.3 is 15.2 Å². The lowest BCUT2D eigenvalue weighted by Gasteiger charge is -2.13. The molecule has 2 N–H and O–H groups in total. The summed E-state index contributed by atoms with van der Waals surface area (Å²) < 4.78 is 47.7. The van der Waals surface area contributed by atoms with Gasteiger partial charge in [0.2, 0.25) is 5.88 Å². The van der Waals surface area contributed by atoms with E-state index < -0.39 is 11.9 Å². The van der Waals surface area contributed by atoms with E-state index in [2.05, 4.69) is 4.98 Å². The third-order valence-electron chi connectivity index (χ3n) is 2.29. The Morgan fingerprint density at radius 2 is 2.18 bits per heavy atom. The number of ether oxygens (including phenoxy) is 2. The van der Waals surface area contributed by atoms with Crippen LogP contribution in [-0.2, 0) is 10.9 Å². The minimum atomic E-state index is -4.53. The van der Waals surface area contributed by atoms with Gasteiger partial charge in [0, 0.05) is 18.2 Å². The van der Waals surface area contributed by atoms with Crippen LogP contribution in [0.5, 0.6) is 5.88 Å². The Bertz CT molecular complexity index is 403. The molecule has 0 bridgehead atoms. The van der Waals surface area contributed by atoms with Crippen molar-refractivity contribution in [1.29, 1.82) is 0 Å². The molecule has 94 valence electrons. The number of hydrogen-bond donors (Lipinski definition) is 1. The molecule has 17 heavy (non-hydrogen) atoms. The molecule has 1 fully saturated rings. The highest BCUT2D eigenvalue weighted by molar-refractivity contribution is 5.43. The maximum absolute atomic E-state index is 12.5. The maximum Gasteiger partial charge on any atom is 0.433 e. The van der Waals surface area contributed by atoms with Crippen LogP contribution in [0.1, 0.15) is 12.1 Å². The van der Waals surface area contributed by atoms with Gasteiger partial charge in [-0.25, -0.2) is 4.98 Å². The van der Waals surface area contributed by atoms with Gasteiger partial charge in [0.15, 0.2) is 5.69 Å². The molecule has 0 aliphatic carbocycles. The second kappa shape index (κ2) is 4.40. The number of anilines is 1. The minimum Gasteiger partial charge on any atom is -0.472 e. The zero-order valence-corrected chi connectivity index (χ0v) is 8.83. The quantitative estimate of drug-likeness (QED) is 0.867. The Labute approximate surface area is 95.5 Å². The molecule has 2 heterocycles. The fourth-order valence-corrected chi connectivity index (χ4v) is 1.51. The van der Waals surface area contributed by atoms with Crippen molar-refractivity contribution in [3.63, 3.8) is 0 Å². The van der Waals surface area contributed by atoms with Crippen LogP contribution in [0.15, 0.2) is 12.1 Å². The Morgan fingerprint density at radius 1 is 1.41 bits per heavy atom. The van der Waals surface area contributed by atoms with Crippen LogP contribution >= 0.6 is 0 Å². The molecule has 0 saturated carbocycles. The van der Waals surface area contributed by atoms with E-state index in [1.165, 1.54) is 6.07 Å². The lowest BCUT2D eigenvalue weighted by Crippen LogP contribution is -2.18. The van der Waals surface area contributed by atoms with Crippen molar-refractivity contribution in [3.05, 3.63) is 17.8 Å². The molecule has 1 aliphatic heterocycles. The van der Waals surface area contributed by atoms with Crippen molar-refractivity contribution in [2.45, 2.75) is 18.7 Å². The molecule has 1 aromatic rings. The molecule has 0 amide bonds. The number of alkyl halides is 3. The highest BCUT2D eigenvalue weighted by Crippen LogP contribution is 2.31. The number of nitrogen functional groups attached to an aromatic ring is 1. The number of nitrogens with two attached hydrogens (primary N) is 1. The summed E-state index contributed by atoms with van der Waals surface area (Å²) in [6, 6.07) is 2.05. The zero-order chi connectivity index (χ0) is 12.5. The first-order valence-electron chi connectivity index (χ1n) is 5.04. The Kier molecular flexibility index (Phi) is 3.10. The van der Waals surface area contributed by atoms with E-state index in [1.807, 2.05) is 0 Å². The third-order valence-corrected chi connectivity index (χ3v) is 2.29. The summed E-state index contributed by atoms with van der Waals surface area (Å²) in [4.78, 5) is 3.39. The fourth-order valence-electron chi connectivity index (χ4n) is 1.51. The Balaban J connectivity index is 2.19. The van der Waals surface area contributed by atoms with Crippen LogP contribution in [0.3, 0.4) is 0 Å². The molecule has 1 aromatic heterocycles. The Morgan fingerprint density at radius 3 is 2.76 bits per heavy atom. The smallest absolute Gasteiger partial charge is 0.433 e. The van der Waals surface area contributed by atoms with Gasteiger partial charge in [-0.05, 0) is 6.07 Å². The lowest BCUT2D eigenvalue weighted by atomic mass is 10.3. The molecule has 0 aromatic carbocycles. The normalized spacial score (nSPS) is 20.5. The summed E-state index contributed by atoms with van der Waals surface area (Å²) in [5, 5.41) is 0. The van der Waals surface area contributed by atoms with Gasteiger partial charge in [0.1, 0.15) is 6.10 Å². The van der Waals surface area contributed by atoms with Crippen LogP contribution < -0.4 is 10.5 Å². The van der Waals surface area contributed by atoms with Crippen LogP contribution in [0.2, 0.25) is 0 Å². The summed E-state index contributed by atoms with van der Waals surface area (Å²) in [7, 11) is 0. The molecule has 1 atom stereocenters. The van der Waals surface area contributed by atoms with Crippen LogP contribution in [0.25, 0.3) is 0 Å². The van der Waals surface area contributed by atoms with Crippen molar-refractivity contribution in [2.75, 3.05) is 18.9 Å². The summed E-state index contributed by atoms with van der Waals surface area (Å²) in [5.41, 5.74) is 4.30. The average Bonchev–Trinajstić information content (AvgIpc) is 2.68. The van der Waals surface area contributed by atoms with E-state index in [0.29, 0.717) is 19.6 Å². The lowest BCUT2D eigenvalue weighted by molar-refractivity contribution is -0.141. The van der Waals surface area contributed by atoms with E-state index in [9.17, 15) is 13.2 Å². The van der Waals surface area contributed by atoms with E-state index in [4.69, 9.17) is 15.2 Å². The number of nitrogens with zero attached hydrogens (tertiary/aromatic N) is 1. The first-order valence-corrected chi connectivity index (χ1v) is 5.04. The largest absolute Gasteiger partial charge is 0.472 e. The van der Waals surface area contributed by atoms with Gasteiger partial charge in [0.05, 0.1) is 13.2 Å². The van der Waals surface area contributed by atoms with Gasteiger partial charge in [-0.1, -0.05) is 0 Å². The number of pyridine rings is 1. The second-order valence-electron chi connectivity index (χ2n) is 3.73. The van der Waals surface area contributed by atoms with Crippen LogP contribution in [0, 0.1) is 0 Å². The summed E-state index contributed by atoms with van der Waals surface area (Å²) in [6.45, 7) is 0.900. The van der Waals surface area contributed by atoms with Crippen LogP contribution in [0.4, 0.5) is 18.9 Å². The molecule has 0 spiro atoms. The predicted molar refractivity (Wildman–Crippen MR) is 53.5 cm³/mol. The molecule has 1 saturated heterocycles. The third kappa shape index (κ3) is 3.00. The summed E-state index contributed by atoms with van der Waals surface area (Å²) in [5.74, 6) is -0.118. The van der Waals surface area contributed by atoms with E-state index >= 15 is 0 Å². The SMILES string of the molecule is Nc1cc(OC2CCOC2)nc(C(F)(F)F)c1. The van der Waals surface area contributed by atoms with Crippen molar-refractivity contribution >= 4 is 5.69 Å². The van der Waals surface area contributed by atoms with Crippen molar-refractivity contribution < 1.29 is 22.6 Å².